The Morgan fingerprint density at radius 3 is 2.82 bits per heavy atom. The number of imide groups is 1. The van der Waals surface area contributed by atoms with Crippen LogP contribution in [0.4, 0.5) is 9.80 Å². The molecule has 174 valence electrons. The minimum absolute atomic E-state index is 0.0157. The quantitative estimate of drug-likeness (QED) is 0.493. The van der Waals surface area contributed by atoms with Crippen LogP contribution >= 0.6 is 11.3 Å². The van der Waals surface area contributed by atoms with Gasteiger partial charge in [-0.25, -0.2) is 4.79 Å². The minimum atomic E-state index is -0.778. The van der Waals surface area contributed by atoms with Gasteiger partial charge >= 0.3 is 6.03 Å². The molecule has 1 aliphatic heterocycles. The van der Waals surface area contributed by atoms with Crippen molar-refractivity contribution in [2.75, 3.05) is 11.9 Å². The zero-order valence-corrected chi connectivity index (χ0v) is 19.4. The van der Waals surface area contributed by atoms with Crippen LogP contribution in [0, 0.1) is 5.92 Å². The smallest absolute Gasteiger partial charge is 0.325 e. The van der Waals surface area contributed by atoms with Crippen molar-refractivity contribution in [3.63, 3.8) is 0 Å². The third-order valence-electron chi connectivity index (χ3n) is 7.00. The fourth-order valence-corrected chi connectivity index (χ4v) is 6.63. The van der Waals surface area contributed by atoms with Gasteiger partial charge in [0.2, 0.25) is 11.7 Å². The van der Waals surface area contributed by atoms with Gasteiger partial charge in [-0.05, 0) is 55.7 Å². The molecule has 1 atom stereocenters. The van der Waals surface area contributed by atoms with Gasteiger partial charge in [-0.1, -0.05) is 19.8 Å². The van der Waals surface area contributed by atoms with Gasteiger partial charge in [-0.3, -0.25) is 19.3 Å². The normalized spacial score (nSPS) is 21.4. The van der Waals surface area contributed by atoms with Crippen molar-refractivity contribution >= 4 is 40.0 Å². The number of thiophene rings is 1. The Bertz CT molecular complexity index is 1110. The molecule has 8 nitrogen and oxygen atoms in total. The molecule has 2 aromatic heterocycles. The molecule has 1 spiro atoms. The highest BCUT2D eigenvalue weighted by Gasteiger charge is 2.52. The third kappa shape index (κ3) is 3.88. The summed E-state index contributed by atoms with van der Waals surface area (Å²) in [6, 6.07) is 2.87. The first-order valence-corrected chi connectivity index (χ1v) is 12.4. The van der Waals surface area contributed by atoms with Crippen LogP contribution < -0.4 is 10.6 Å². The second-order valence-corrected chi connectivity index (χ2v) is 10.4. The highest BCUT2D eigenvalue weighted by molar-refractivity contribution is 7.17. The van der Waals surface area contributed by atoms with Gasteiger partial charge in [0.25, 0.3) is 5.91 Å². The van der Waals surface area contributed by atoms with E-state index in [1.54, 1.807) is 12.1 Å². The molecule has 2 N–H and O–H groups in total. The van der Waals surface area contributed by atoms with E-state index >= 15 is 0 Å². The molecular formula is C24H27N3O5S. The van der Waals surface area contributed by atoms with Crippen molar-refractivity contribution < 1.29 is 23.6 Å². The molecule has 2 aromatic rings. The number of hydrogen-bond donors (Lipinski definition) is 2. The van der Waals surface area contributed by atoms with Gasteiger partial charge in [0.1, 0.15) is 10.5 Å². The molecule has 1 unspecified atom stereocenters. The van der Waals surface area contributed by atoms with Gasteiger partial charge in [-0.2, -0.15) is 0 Å². The molecule has 0 bridgehead atoms. The maximum absolute atomic E-state index is 13.2. The molecule has 9 heteroatoms. The number of rotatable bonds is 6. The molecule has 2 fully saturated rings. The number of urea groups is 1. The summed E-state index contributed by atoms with van der Waals surface area (Å²) in [5.74, 6) is -0.0328. The summed E-state index contributed by atoms with van der Waals surface area (Å²) in [7, 11) is 0. The molecule has 3 heterocycles. The number of carbonyl (C=O) groups is 4. The average Bonchev–Trinajstić information content (AvgIpc) is 3.56. The molecule has 1 saturated carbocycles. The number of nitrogens with one attached hydrogen (secondary N) is 2. The van der Waals surface area contributed by atoms with Crippen molar-refractivity contribution in [2.45, 2.75) is 63.8 Å². The largest absolute Gasteiger partial charge is 0.461 e. The van der Waals surface area contributed by atoms with Crippen molar-refractivity contribution in [3.8, 4) is 0 Å². The van der Waals surface area contributed by atoms with Crippen LogP contribution in [0.3, 0.4) is 0 Å². The topological polar surface area (TPSA) is 109 Å². The zero-order chi connectivity index (χ0) is 23.2. The van der Waals surface area contributed by atoms with E-state index in [1.807, 2.05) is 0 Å². The summed E-state index contributed by atoms with van der Waals surface area (Å²) in [5.41, 5.74) is 0.719. The predicted molar refractivity (Wildman–Crippen MR) is 122 cm³/mol. The lowest BCUT2D eigenvalue weighted by molar-refractivity contribution is -0.131. The number of hydrogen-bond acceptors (Lipinski definition) is 6. The standard InChI is InChI=1S/C24H27N3O5S/c1-14-6-7-15-17(13-14)33-21(19(15)20(29)16-5-4-12-32-16)25-18(28)8-11-27-22(30)24(26-23(27)31)9-2-3-10-24/h4-5,12,14H,2-3,6-11,13H2,1H3,(H,25,28)(H,26,31). The first kappa shape index (κ1) is 21.9. The second-order valence-electron chi connectivity index (χ2n) is 9.34. The molecule has 1 saturated heterocycles. The van der Waals surface area contributed by atoms with E-state index in [9.17, 15) is 19.2 Å². The Morgan fingerprint density at radius 1 is 1.30 bits per heavy atom. The highest BCUT2D eigenvalue weighted by Crippen LogP contribution is 2.41. The lowest BCUT2D eigenvalue weighted by Crippen LogP contribution is -2.44. The molecule has 0 radical (unpaired) electrons. The van der Waals surface area contributed by atoms with E-state index in [2.05, 4.69) is 17.6 Å². The van der Waals surface area contributed by atoms with E-state index in [-0.39, 0.29) is 36.3 Å². The number of ketones is 1. The van der Waals surface area contributed by atoms with Gasteiger partial charge < -0.3 is 15.1 Å². The lowest BCUT2D eigenvalue weighted by Gasteiger charge is -2.19. The molecule has 2 aliphatic carbocycles. The van der Waals surface area contributed by atoms with E-state index in [0.717, 1.165) is 47.4 Å². The fourth-order valence-electron chi connectivity index (χ4n) is 5.21. The van der Waals surface area contributed by atoms with Crippen molar-refractivity contribution in [1.82, 2.24) is 10.2 Å². The van der Waals surface area contributed by atoms with Crippen molar-refractivity contribution in [2.24, 2.45) is 5.92 Å². The SMILES string of the molecule is CC1CCc2c(sc(NC(=O)CCN3C(=O)NC4(CCCC4)C3=O)c2C(=O)c2ccco2)C1. The molecule has 4 amide bonds. The first-order valence-electron chi connectivity index (χ1n) is 11.5. The van der Waals surface area contributed by atoms with E-state index in [0.29, 0.717) is 29.3 Å². The van der Waals surface area contributed by atoms with Crippen LogP contribution in [0.5, 0.6) is 0 Å². The van der Waals surface area contributed by atoms with Crippen LogP contribution in [-0.4, -0.2) is 40.6 Å². The maximum atomic E-state index is 13.2. The minimum Gasteiger partial charge on any atom is -0.461 e. The fraction of sp³-hybridized carbons (Fsp3) is 0.500. The Morgan fingerprint density at radius 2 is 2.09 bits per heavy atom. The van der Waals surface area contributed by atoms with Crippen LogP contribution in [-0.2, 0) is 22.4 Å². The number of carbonyl (C=O) groups excluding carboxylic acids is 4. The number of nitrogens with zero attached hydrogens (tertiary/aromatic N) is 1. The van der Waals surface area contributed by atoms with Crippen LogP contribution in [0.2, 0.25) is 0 Å². The van der Waals surface area contributed by atoms with Gasteiger partial charge in [-0.15, -0.1) is 11.3 Å². The van der Waals surface area contributed by atoms with E-state index < -0.39 is 11.6 Å². The Labute approximate surface area is 195 Å². The maximum Gasteiger partial charge on any atom is 0.325 e. The summed E-state index contributed by atoms with van der Waals surface area (Å²) in [6.07, 6.45) is 7.21. The first-order chi connectivity index (χ1) is 15.9. The summed E-state index contributed by atoms with van der Waals surface area (Å²) >= 11 is 1.44. The lowest BCUT2D eigenvalue weighted by atomic mass is 9.87. The van der Waals surface area contributed by atoms with Gasteiger partial charge in [0.15, 0.2) is 5.76 Å². The number of fused-ring (bicyclic) bond motifs is 1. The molecular weight excluding hydrogens is 442 g/mol. The summed E-state index contributed by atoms with van der Waals surface area (Å²) in [6.45, 7) is 2.20. The Balaban J connectivity index is 1.32. The summed E-state index contributed by atoms with van der Waals surface area (Å²) in [4.78, 5) is 53.4. The zero-order valence-electron chi connectivity index (χ0n) is 18.6. The predicted octanol–water partition coefficient (Wildman–Crippen LogP) is 3.89. The molecule has 33 heavy (non-hydrogen) atoms. The van der Waals surface area contributed by atoms with Crippen LogP contribution in [0.25, 0.3) is 0 Å². The molecule has 5 rings (SSSR count). The van der Waals surface area contributed by atoms with E-state index in [1.165, 1.54) is 17.6 Å². The Hall–Kier alpha value is -2.94. The average molecular weight is 470 g/mol. The van der Waals surface area contributed by atoms with Gasteiger partial charge in [0, 0.05) is 17.8 Å². The van der Waals surface area contributed by atoms with E-state index in [4.69, 9.17) is 4.42 Å². The second kappa shape index (κ2) is 8.44. The van der Waals surface area contributed by atoms with Crippen LogP contribution in [0.15, 0.2) is 22.8 Å². The monoisotopic (exact) mass is 469 g/mol. The summed E-state index contributed by atoms with van der Waals surface area (Å²) < 4.78 is 5.33. The van der Waals surface area contributed by atoms with Crippen molar-refractivity contribution in [3.05, 3.63) is 40.2 Å². The number of anilines is 1. The van der Waals surface area contributed by atoms with Crippen molar-refractivity contribution in [1.29, 1.82) is 0 Å². The number of furan rings is 1. The molecule has 0 aromatic carbocycles. The number of amides is 4. The Kier molecular flexibility index (Phi) is 5.60. The van der Waals surface area contributed by atoms with Gasteiger partial charge in [0.05, 0.1) is 11.8 Å². The summed E-state index contributed by atoms with van der Waals surface area (Å²) in [5, 5.41) is 6.24. The highest BCUT2D eigenvalue weighted by atomic mass is 32.1. The van der Waals surface area contributed by atoms with Crippen LogP contribution in [0.1, 0.15) is 72.0 Å². The third-order valence-corrected chi connectivity index (χ3v) is 8.17. The molecule has 3 aliphatic rings.